The number of nitrogens with one attached hydrogen (secondary N) is 1. The SMILES string of the molecule is NC1(CNC(=O)CC2C=CCC2)CCC1. The van der Waals surface area contributed by atoms with E-state index in [4.69, 9.17) is 5.73 Å². The topological polar surface area (TPSA) is 55.1 Å². The van der Waals surface area contributed by atoms with Gasteiger partial charge in [-0.15, -0.1) is 0 Å². The van der Waals surface area contributed by atoms with Crippen LogP contribution in [0.5, 0.6) is 0 Å². The molecular formula is C12H20N2O. The van der Waals surface area contributed by atoms with Crippen LogP contribution in [0.25, 0.3) is 0 Å². The maximum absolute atomic E-state index is 11.6. The molecule has 2 aliphatic carbocycles. The standard InChI is InChI=1S/C12H20N2O/c13-12(6-3-7-12)9-14-11(15)8-10-4-1-2-5-10/h1,4,10H,2-3,5-9,13H2,(H,14,15). The Bertz CT molecular complexity index is 269. The van der Waals surface area contributed by atoms with E-state index in [9.17, 15) is 4.79 Å². The molecule has 0 spiro atoms. The van der Waals surface area contributed by atoms with Crippen LogP contribution >= 0.6 is 0 Å². The Morgan fingerprint density at radius 2 is 2.33 bits per heavy atom. The van der Waals surface area contributed by atoms with Gasteiger partial charge in [-0.2, -0.15) is 0 Å². The maximum Gasteiger partial charge on any atom is 0.220 e. The van der Waals surface area contributed by atoms with E-state index in [2.05, 4.69) is 17.5 Å². The zero-order chi connectivity index (χ0) is 10.7. The van der Waals surface area contributed by atoms with Gasteiger partial charge in [0.2, 0.25) is 5.91 Å². The van der Waals surface area contributed by atoms with Crippen LogP contribution in [0.2, 0.25) is 0 Å². The van der Waals surface area contributed by atoms with Crippen LogP contribution in [0, 0.1) is 5.92 Å². The van der Waals surface area contributed by atoms with Crippen molar-refractivity contribution in [2.24, 2.45) is 11.7 Å². The number of hydrogen-bond donors (Lipinski definition) is 2. The third-order valence-corrected chi connectivity index (χ3v) is 3.55. The van der Waals surface area contributed by atoms with Crippen molar-refractivity contribution < 1.29 is 4.79 Å². The van der Waals surface area contributed by atoms with Gasteiger partial charge in [0.25, 0.3) is 0 Å². The fourth-order valence-electron chi connectivity index (χ4n) is 2.26. The molecule has 1 atom stereocenters. The van der Waals surface area contributed by atoms with Gasteiger partial charge in [0.15, 0.2) is 0 Å². The molecule has 3 heteroatoms. The normalized spacial score (nSPS) is 27.4. The summed E-state index contributed by atoms with van der Waals surface area (Å²) in [6.45, 7) is 0.655. The summed E-state index contributed by atoms with van der Waals surface area (Å²) in [4.78, 5) is 11.6. The largest absolute Gasteiger partial charge is 0.354 e. The Morgan fingerprint density at radius 3 is 2.87 bits per heavy atom. The van der Waals surface area contributed by atoms with Gasteiger partial charge in [-0.05, 0) is 38.0 Å². The van der Waals surface area contributed by atoms with Crippen LogP contribution in [0.1, 0.15) is 38.5 Å². The first-order valence-corrected chi connectivity index (χ1v) is 5.90. The first-order valence-electron chi connectivity index (χ1n) is 5.90. The molecule has 1 amide bonds. The summed E-state index contributed by atoms with van der Waals surface area (Å²) >= 11 is 0. The zero-order valence-corrected chi connectivity index (χ0v) is 9.17. The van der Waals surface area contributed by atoms with Crippen LogP contribution < -0.4 is 11.1 Å². The second-order valence-corrected chi connectivity index (χ2v) is 4.96. The lowest BCUT2D eigenvalue weighted by Crippen LogP contribution is -2.55. The predicted octanol–water partition coefficient (Wildman–Crippen LogP) is 1.34. The minimum atomic E-state index is -0.0961. The van der Waals surface area contributed by atoms with E-state index in [0.717, 1.165) is 25.7 Å². The molecule has 0 bridgehead atoms. The van der Waals surface area contributed by atoms with Crippen LogP contribution in [0.3, 0.4) is 0 Å². The highest BCUT2D eigenvalue weighted by molar-refractivity contribution is 5.76. The zero-order valence-electron chi connectivity index (χ0n) is 9.17. The number of nitrogens with two attached hydrogens (primary N) is 1. The quantitative estimate of drug-likeness (QED) is 0.685. The fourth-order valence-corrected chi connectivity index (χ4v) is 2.26. The molecule has 15 heavy (non-hydrogen) atoms. The molecule has 0 radical (unpaired) electrons. The molecule has 3 nitrogen and oxygen atoms in total. The van der Waals surface area contributed by atoms with Gasteiger partial charge >= 0.3 is 0 Å². The number of carbonyl (C=O) groups excluding carboxylic acids is 1. The third-order valence-electron chi connectivity index (χ3n) is 3.55. The van der Waals surface area contributed by atoms with E-state index >= 15 is 0 Å². The summed E-state index contributed by atoms with van der Waals surface area (Å²) in [6, 6.07) is 0. The van der Waals surface area contributed by atoms with E-state index in [1.54, 1.807) is 0 Å². The van der Waals surface area contributed by atoms with E-state index in [1.807, 2.05) is 0 Å². The summed E-state index contributed by atoms with van der Waals surface area (Å²) in [5.74, 6) is 0.614. The van der Waals surface area contributed by atoms with Gasteiger partial charge in [0.1, 0.15) is 0 Å². The van der Waals surface area contributed by atoms with Gasteiger partial charge in [0.05, 0.1) is 0 Å². The minimum Gasteiger partial charge on any atom is -0.354 e. The van der Waals surface area contributed by atoms with Gasteiger partial charge in [-0.25, -0.2) is 0 Å². The van der Waals surface area contributed by atoms with Crippen molar-refractivity contribution >= 4 is 5.91 Å². The second-order valence-electron chi connectivity index (χ2n) is 4.96. The molecule has 1 fully saturated rings. The molecule has 0 heterocycles. The fraction of sp³-hybridized carbons (Fsp3) is 0.750. The highest BCUT2D eigenvalue weighted by Crippen LogP contribution is 2.28. The number of hydrogen-bond acceptors (Lipinski definition) is 2. The third kappa shape index (κ3) is 2.81. The van der Waals surface area contributed by atoms with E-state index in [0.29, 0.717) is 18.9 Å². The van der Waals surface area contributed by atoms with Crippen LogP contribution in [-0.4, -0.2) is 18.0 Å². The van der Waals surface area contributed by atoms with Gasteiger partial charge in [-0.3, -0.25) is 4.79 Å². The Morgan fingerprint density at radius 1 is 1.53 bits per heavy atom. The average Bonchev–Trinajstić information content (AvgIpc) is 2.64. The van der Waals surface area contributed by atoms with Gasteiger partial charge in [-0.1, -0.05) is 12.2 Å². The molecule has 2 rings (SSSR count). The van der Waals surface area contributed by atoms with Gasteiger partial charge in [0, 0.05) is 18.5 Å². The first-order chi connectivity index (χ1) is 7.18. The lowest BCUT2D eigenvalue weighted by molar-refractivity contribution is -0.122. The molecule has 1 saturated carbocycles. The number of rotatable bonds is 4. The smallest absolute Gasteiger partial charge is 0.220 e. The number of allylic oxidation sites excluding steroid dienone is 2. The lowest BCUT2D eigenvalue weighted by Gasteiger charge is -2.38. The first kappa shape index (κ1) is 10.7. The predicted molar refractivity (Wildman–Crippen MR) is 60.3 cm³/mol. The summed E-state index contributed by atoms with van der Waals surface area (Å²) < 4.78 is 0. The summed E-state index contributed by atoms with van der Waals surface area (Å²) in [5.41, 5.74) is 5.93. The van der Waals surface area contributed by atoms with Crippen LogP contribution in [0.4, 0.5) is 0 Å². The molecule has 0 saturated heterocycles. The van der Waals surface area contributed by atoms with Crippen LogP contribution in [-0.2, 0) is 4.79 Å². The Hall–Kier alpha value is -0.830. The average molecular weight is 208 g/mol. The van der Waals surface area contributed by atoms with E-state index < -0.39 is 0 Å². The molecule has 84 valence electrons. The molecule has 0 aromatic carbocycles. The molecule has 2 aliphatic rings. The highest BCUT2D eigenvalue weighted by Gasteiger charge is 2.32. The van der Waals surface area contributed by atoms with Crippen molar-refractivity contribution in [3.05, 3.63) is 12.2 Å². The molecule has 0 aromatic rings. The monoisotopic (exact) mass is 208 g/mol. The summed E-state index contributed by atoms with van der Waals surface area (Å²) in [6.07, 6.45) is 10.5. The van der Waals surface area contributed by atoms with Crippen molar-refractivity contribution in [1.82, 2.24) is 5.32 Å². The molecule has 3 N–H and O–H groups in total. The minimum absolute atomic E-state index is 0.0961. The molecule has 1 unspecified atom stereocenters. The number of carbonyl (C=O) groups is 1. The van der Waals surface area contributed by atoms with Gasteiger partial charge < -0.3 is 11.1 Å². The summed E-state index contributed by atoms with van der Waals surface area (Å²) in [5, 5.41) is 2.95. The number of amides is 1. The van der Waals surface area contributed by atoms with Crippen molar-refractivity contribution in [2.45, 2.75) is 44.1 Å². The van der Waals surface area contributed by atoms with Crippen molar-refractivity contribution in [3.8, 4) is 0 Å². The maximum atomic E-state index is 11.6. The van der Waals surface area contributed by atoms with E-state index in [1.165, 1.54) is 6.42 Å². The lowest BCUT2D eigenvalue weighted by atomic mass is 9.78. The Labute approximate surface area is 91.1 Å². The summed E-state index contributed by atoms with van der Waals surface area (Å²) in [7, 11) is 0. The molecule has 0 aromatic heterocycles. The van der Waals surface area contributed by atoms with Crippen molar-refractivity contribution in [3.63, 3.8) is 0 Å². The Kier molecular flexibility index (Phi) is 3.10. The molecule has 0 aliphatic heterocycles. The molecular weight excluding hydrogens is 188 g/mol. The van der Waals surface area contributed by atoms with Crippen molar-refractivity contribution in [1.29, 1.82) is 0 Å². The van der Waals surface area contributed by atoms with Crippen LogP contribution in [0.15, 0.2) is 12.2 Å². The second kappa shape index (κ2) is 4.35. The highest BCUT2D eigenvalue weighted by atomic mass is 16.1. The van der Waals surface area contributed by atoms with Crippen molar-refractivity contribution in [2.75, 3.05) is 6.54 Å². The van der Waals surface area contributed by atoms with E-state index in [-0.39, 0.29) is 11.4 Å². The Balaban J connectivity index is 1.66.